The number of carbonyl (C=O) groups is 1. The molecule has 2 rings (SSSR count). The predicted octanol–water partition coefficient (Wildman–Crippen LogP) is 2.90. The molecule has 0 aromatic heterocycles. The third-order valence-corrected chi connectivity index (χ3v) is 4.42. The van der Waals surface area contributed by atoms with Crippen LogP contribution in [0.3, 0.4) is 0 Å². The number of Topliss-reactive ketones (excluding diaryl/α,β-unsaturated/α-hetero) is 1. The summed E-state index contributed by atoms with van der Waals surface area (Å²) in [5, 5.41) is 9.70. The van der Waals surface area contributed by atoms with Gasteiger partial charge in [-0.25, -0.2) is 0 Å². The van der Waals surface area contributed by atoms with Crippen molar-refractivity contribution in [2.24, 2.45) is 0 Å². The highest BCUT2D eigenvalue weighted by molar-refractivity contribution is 6.55. The quantitative estimate of drug-likeness (QED) is 0.686. The van der Waals surface area contributed by atoms with Crippen molar-refractivity contribution in [3.63, 3.8) is 0 Å². The predicted molar refractivity (Wildman–Crippen MR) is 87.6 cm³/mol. The fourth-order valence-corrected chi connectivity index (χ4v) is 2.33. The maximum absolute atomic E-state index is 11.7. The summed E-state index contributed by atoms with van der Waals surface area (Å²) in [7, 11) is -0.616. The van der Waals surface area contributed by atoms with Gasteiger partial charge in [0.15, 0.2) is 5.78 Å². The van der Waals surface area contributed by atoms with Crippen LogP contribution in [-0.2, 0) is 9.31 Å². The summed E-state index contributed by atoms with van der Waals surface area (Å²) >= 11 is 0. The van der Waals surface area contributed by atoms with E-state index in [1.54, 1.807) is 12.1 Å². The van der Waals surface area contributed by atoms with Gasteiger partial charge in [0, 0.05) is 5.56 Å². The lowest BCUT2D eigenvalue weighted by Gasteiger charge is -2.32. The van der Waals surface area contributed by atoms with E-state index in [0.717, 1.165) is 5.56 Å². The van der Waals surface area contributed by atoms with E-state index in [1.807, 2.05) is 45.9 Å². The van der Waals surface area contributed by atoms with Crippen molar-refractivity contribution in [3.8, 4) is 0 Å². The second kappa shape index (κ2) is 5.99. The number of benzene rings is 1. The highest BCUT2D eigenvalue weighted by Gasteiger charge is 2.52. The highest BCUT2D eigenvalue weighted by Crippen LogP contribution is 2.38. The summed E-state index contributed by atoms with van der Waals surface area (Å²) < 4.78 is 11.9. The first-order valence-electron chi connectivity index (χ1n) is 7.45. The number of aliphatic hydroxyl groups is 1. The minimum Gasteiger partial charge on any atom is -0.400 e. The van der Waals surface area contributed by atoms with Crippen LogP contribution in [0.1, 0.15) is 50.5 Å². The van der Waals surface area contributed by atoms with Gasteiger partial charge in [-0.1, -0.05) is 30.3 Å². The van der Waals surface area contributed by atoms with E-state index in [0.29, 0.717) is 11.0 Å². The summed E-state index contributed by atoms with van der Waals surface area (Å²) in [6.07, 6.45) is 1.78. The second-order valence-corrected chi connectivity index (χ2v) is 6.61. The molecule has 1 aliphatic heterocycles. The van der Waals surface area contributed by atoms with Gasteiger partial charge in [-0.2, -0.15) is 0 Å². The molecule has 22 heavy (non-hydrogen) atoms. The fourth-order valence-electron chi connectivity index (χ4n) is 2.33. The molecule has 0 unspecified atom stereocenters. The molecule has 0 spiro atoms. The van der Waals surface area contributed by atoms with Gasteiger partial charge in [0.05, 0.1) is 17.8 Å². The molecule has 1 fully saturated rings. The maximum Gasteiger partial charge on any atom is 0.492 e. The Bertz CT molecular complexity index is 588. The van der Waals surface area contributed by atoms with E-state index >= 15 is 0 Å². The van der Waals surface area contributed by atoms with E-state index in [9.17, 15) is 9.90 Å². The minimum atomic E-state index is -0.616. The highest BCUT2D eigenvalue weighted by atomic mass is 16.7. The van der Waals surface area contributed by atoms with Gasteiger partial charge in [0.25, 0.3) is 0 Å². The van der Waals surface area contributed by atoms with Crippen molar-refractivity contribution in [2.75, 3.05) is 6.61 Å². The Kier molecular flexibility index (Phi) is 4.61. The lowest BCUT2D eigenvalue weighted by molar-refractivity contribution is 0.00578. The molecule has 4 nitrogen and oxygen atoms in total. The molecule has 0 bridgehead atoms. The van der Waals surface area contributed by atoms with E-state index in [2.05, 4.69) is 0 Å². The SMILES string of the molecule is CC(=O)c1ccccc1C=C(CO)B1OC(C)(C)C(C)(C)O1. The molecule has 118 valence electrons. The van der Waals surface area contributed by atoms with E-state index in [4.69, 9.17) is 9.31 Å². The first kappa shape index (κ1) is 16.9. The Morgan fingerprint density at radius 1 is 1.18 bits per heavy atom. The van der Waals surface area contributed by atoms with Gasteiger partial charge in [-0.05, 0) is 45.7 Å². The van der Waals surface area contributed by atoms with Crippen LogP contribution in [0.2, 0.25) is 0 Å². The molecule has 5 heteroatoms. The molecule has 0 radical (unpaired) electrons. The van der Waals surface area contributed by atoms with Gasteiger partial charge in [0.2, 0.25) is 0 Å². The Balaban J connectivity index is 2.36. The molecule has 1 N–H and O–H groups in total. The second-order valence-electron chi connectivity index (χ2n) is 6.61. The Labute approximate surface area is 132 Å². The fraction of sp³-hybridized carbons (Fsp3) is 0.471. The van der Waals surface area contributed by atoms with Crippen molar-refractivity contribution < 1.29 is 19.2 Å². The van der Waals surface area contributed by atoms with Crippen molar-refractivity contribution in [3.05, 3.63) is 40.9 Å². The van der Waals surface area contributed by atoms with Crippen molar-refractivity contribution in [2.45, 2.75) is 45.8 Å². The molecule has 1 saturated heterocycles. The van der Waals surface area contributed by atoms with Crippen LogP contribution in [0, 0.1) is 0 Å². The Morgan fingerprint density at radius 3 is 2.23 bits per heavy atom. The molecule has 0 aliphatic carbocycles. The summed E-state index contributed by atoms with van der Waals surface area (Å²) in [5.74, 6) is -0.0157. The number of ketones is 1. The van der Waals surface area contributed by atoms with Crippen LogP contribution < -0.4 is 0 Å². The molecule has 0 amide bonds. The molecule has 1 aromatic rings. The monoisotopic (exact) mass is 302 g/mol. The largest absolute Gasteiger partial charge is 0.492 e. The molecule has 0 saturated carbocycles. The van der Waals surface area contributed by atoms with Crippen LogP contribution in [-0.4, -0.2) is 35.8 Å². The van der Waals surface area contributed by atoms with Crippen LogP contribution in [0.4, 0.5) is 0 Å². The summed E-state index contributed by atoms with van der Waals surface area (Å²) in [4.78, 5) is 11.7. The summed E-state index contributed by atoms with van der Waals surface area (Å²) in [6.45, 7) is 9.19. The van der Waals surface area contributed by atoms with Gasteiger partial charge in [-0.3, -0.25) is 4.79 Å². The van der Waals surface area contributed by atoms with Crippen molar-refractivity contribution in [1.82, 2.24) is 0 Å². The lowest BCUT2D eigenvalue weighted by atomic mass is 9.77. The normalized spacial score (nSPS) is 20.3. The topological polar surface area (TPSA) is 55.8 Å². The molecule has 1 aromatic carbocycles. The van der Waals surface area contributed by atoms with E-state index < -0.39 is 18.3 Å². The molecular weight excluding hydrogens is 279 g/mol. The van der Waals surface area contributed by atoms with Crippen LogP contribution >= 0.6 is 0 Å². The summed E-state index contributed by atoms with van der Waals surface area (Å²) in [6, 6.07) is 7.30. The zero-order valence-corrected chi connectivity index (χ0v) is 13.8. The smallest absolute Gasteiger partial charge is 0.400 e. The van der Waals surface area contributed by atoms with Crippen molar-refractivity contribution >= 4 is 19.0 Å². The maximum atomic E-state index is 11.7. The summed E-state index contributed by atoms with van der Waals surface area (Å²) in [5.41, 5.74) is 1.05. The van der Waals surface area contributed by atoms with Gasteiger partial charge < -0.3 is 14.4 Å². The lowest BCUT2D eigenvalue weighted by Crippen LogP contribution is -2.41. The average molecular weight is 302 g/mol. The number of hydrogen-bond acceptors (Lipinski definition) is 4. The number of carbonyl (C=O) groups excluding carboxylic acids is 1. The third-order valence-electron chi connectivity index (χ3n) is 4.42. The molecule has 1 heterocycles. The Hall–Kier alpha value is -1.43. The first-order valence-corrected chi connectivity index (χ1v) is 7.45. The zero-order chi connectivity index (χ0) is 16.5. The standard InChI is InChI=1S/C17H23BO4/c1-12(20)15-9-7-6-8-13(15)10-14(11-19)18-21-16(2,3)17(4,5)22-18/h6-10,19H,11H2,1-5H3. The van der Waals surface area contributed by atoms with Gasteiger partial charge in [0.1, 0.15) is 0 Å². The van der Waals surface area contributed by atoms with Gasteiger partial charge in [-0.15, -0.1) is 0 Å². The van der Waals surface area contributed by atoms with Crippen LogP contribution in [0.5, 0.6) is 0 Å². The first-order chi connectivity index (χ1) is 10.2. The van der Waals surface area contributed by atoms with Crippen LogP contribution in [0.15, 0.2) is 29.7 Å². The molecular formula is C17H23BO4. The van der Waals surface area contributed by atoms with E-state index in [-0.39, 0.29) is 12.4 Å². The molecule has 0 atom stereocenters. The minimum absolute atomic E-state index is 0.0157. The Morgan fingerprint density at radius 2 is 1.73 bits per heavy atom. The number of rotatable bonds is 4. The zero-order valence-electron chi connectivity index (χ0n) is 13.8. The molecule has 1 aliphatic rings. The van der Waals surface area contributed by atoms with Gasteiger partial charge >= 0.3 is 7.12 Å². The van der Waals surface area contributed by atoms with E-state index in [1.165, 1.54) is 6.92 Å². The third kappa shape index (κ3) is 3.17. The number of hydrogen-bond donors (Lipinski definition) is 1. The van der Waals surface area contributed by atoms with Crippen LogP contribution in [0.25, 0.3) is 6.08 Å². The number of aliphatic hydroxyl groups excluding tert-OH is 1. The van der Waals surface area contributed by atoms with Crippen molar-refractivity contribution in [1.29, 1.82) is 0 Å². The average Bonchev–Trinajstić information content (AvgIpc) is 2.64.